The van der Waals surface area contributed by atoms with Gasteiger partial charge in [0.05, 0.1) is 0 Å². The Hall–Kier alpha value is -4.26. The topological polar surface area (TPSA) is 143 Å². The molecule has 0 fully saturated rings. The Morgan fingerprint density at radius 2 is 1.97 bits per heavy atom. The van der Waals surface area contributed by atoms with Crippen molar-refractivity contribution in [2.24, 2.45) is 5.73 Å². The summed E-state index contributed by atoms with van der Waals surface area (Å²) in [6, 6.07) is 5.57. The van der Waals surface area contributed by atoms with Crippen molar-refractivity contribution in [3.63, 3.8) is 0 Å². The van der Waals surface area contributed by atoms with Crippen molar-refractivity contribution in [3.05, 3.63) is 63.5 Å². The molecule has 4 aromatic rings. The summed E-state index contributed by atoms with van der Waals surface area (Å²) in [6.45, 7) is 2.08. The minimum atomic E-state index is -4.63. The van der Waals surface area contributed by atoms with Gasteiger partial charge >= 0.3 is 12.2 Å². The van der Waals surface area contributed by atoms with Crippen molar-refractivity contribution < 1.29 is 22.8 Å². The smallest absolute Gasteiger partial charge is 0.365 e. The van der Waals surface area contributed by atoms with Crippen LogP contribution in [-0.4, -0.2) is 33.4 Å². The van der Waals surface area contributed by atoms with E-state index < -0.39 is 29.2 Å². The highest BCUT2D eigenvalue weighted by molar-refractivity contribution is 7.13. The van der Waals surface area contributed by atoms with E-state index in [9.17, 15) is 27.6 Å². The van der Waals surface area contributed by atoms with Gasteiger partial charge in [-0.15, -0.1) is 11.3 Å². The molecule has 0 unspecified atom stereocenters. The number of halogens is 3. The van der Waals surface area contributed by atoms with Crippen molar-refractivity contribution in [1.29, 1.82) is 0 Å². The maximum atomic E-state index is 13.2. The quantitative estimate of drug-likeness (QED) is 0.327. The van der Waals surface area contributed by atoms with Crippen LogP contribution in [-0.2, 0) is 6.18 Å². The second-order valence-electron chi connectivity index (χ2n) is 7.29. The second kappa shape index (κ2) is 9.18. The van der Waals surface area contributed by atoms with Crippen LogP contribution in [0.2, 0.25) is 0 Å². The van der Waals surface area contributed by atoms with Gasteiger partial charge in [-0.25, -0.2) is 14.8 Å². The van der Waals surface area contributed by atoms with Gasteiger partial charge in [0.15, 0.2) is 5.69 Å². The highest BCUT2D eigenvalue weighted by Gasteiger charge is 2.34. The average molecular weight is 502 g/mol. The Labute approximate surface area is 199 Å². The number of thiazole rings is 1. The molecule has 4 rings (SSSR count). The van der Waals surface area contributed by atoms with E-state index in [0.29, 0.717) is 23.2 Å². The van der Waals surface area contributed by atoms with Crippen molar-refractivity contribution in [2.45, 2.75) is 13.1 Å². The summed E-state index contributed by atoms with van der Waals surface area (Å²) in [5.41, 5.74) is 4.87. The summed E-state index contributed by atoms with van der Waals surface area (Å²) in [5, 5.41) is 6.13. The largest absolute Gasteiger partial charge is 0.434 e. The lowest BCUT2D eigenvalue weighted by molar-refractivity contribution is -0.140. The lowest BCUT2D eigenvalue weighted by Gasteiger charge is -2.12. The van der Waals surface area contributed by atoms with Gasteiger partial charge in [-0.1, -0.05) is 6.07 Å². The van der Waals surface area contributed by atoms with Gasteiger partial charge in [0.2, 0.25) is 5.43 Å². The summed E-state index contributed by atoms with van der Waals surface area (Å²) in [7, 11) is 0. The predicted octanol–water partition coefficient (Wildman–Crippen LogP) is 3.97. The van der Waals surface area contributed by atoms with E-state index in [1.807, 2.05) is 0 Å². The number of carbonyl (C=O) groups excluding carboxylic acids is 2. The number of nitrogens with zero attached hydrogens (tertiary/aromatic N) is 2. The van der Waals surface area contributed by atoms with Crippen LogP contribution in [0, 0.1) is 0 Å². The number of anilines is 1. The molecule has 0 saturated heterocycles. The van der Waals surface area contributed by atoms with Crippen LogP contribution in [0.4, 0.5) is 23.8 Å². The van der Waals surface area contributed by atoms with Gasteiger partial charge in [0.25, 0.3) is 5.91 Å². The first-order chi connectivity index (χ1) is 16.6. The minimum absolute atomic E-state index is 0.0357. The Morgan fingerprint density at radius 3 is 2.63 bits per heavy atom. The number of aromatic amines is 1. The Morgan fingerprint density at radius 1 is 1.20 bits per heavy atom. The molecule has 0 atom stereocenters. The molecule has 5 N–H and O–H groups in total. The highest BCUT2D eigenvalue weighted by Crippen LogP contribution is 2.38. The lowest BCUT2D eigenvalue weighted by Crippen LogP contribution is -2.28. The molecule has 0 bridgehead atoms. The molecule has 0 saturated carbocycles. The lowest BCUT2D eigenvalue weighted by atomic mass is 9.99. The number of carbonyl (C=O) groups is 2. The first-order valence-electron chi connectivity index (χ1n) is 10.1. The predicted molar refractivity (Wildman–Crippen MR) is 125 cm³/mol. The third-order valence-electron chi connectivity index (χ3n) is 4.97. The number of urea groups is 1. The minimum Gasteiger partial charge on any atom is -0.365 e. The third kappa shape index (κ3) is 4.84. The molecule has 3 aromatic heterocycles. The summed E-state index contributed by atoms with van der Waals surface area (Å²) in [4.78, 5) is 47.0. The molecular formula is C22H17F3N6O3S. The fraction of sp³-hybridized carbons (Fsp3) is 0.136. The number of fused-ring (bicyclic) bond motifs is 1. The SMILES string of the molecule is CCNC(=O)Nc1cc(-c2nc(C(F)(F)F)cs2)c(-c2ccc3[nH]cc(C(N)=O)c(=O)c3c2)cn1. The zero-order valence-corrected chi connectivity index (χ0v) is 18.8. The molecule has 0 aliphatic rings. The van der Waals surface area contributed by atoms with E-state index in [-0.39, 0.29) is 27.3 Å². The van der Waals surface area contributed by atoms with Crippen molar-refractivity contribution >= 4 is 40.0 Å². The fourth-order valence-electron chi connectivity index (χ4n) is 3.35. The van der Waals surface area contributed by atoms with Crippen LogP contribution in [0.5, 0.6) is 0 Å². The first kappa shape index (κ1) is 23.9. The first-order valence-corrected chi connectivity index (χ1v) is 11.0. The number of primary amides is 1. The van der Waals surface area contributed by atoms with E-state index in [2.05, 4.69) is 25.6 Å². The molecule has 3 amide bonds. The van der Waals surface area contributed by atoms with Crippen LogP contribution in [0.25, 0.3) is 32.6 Å². The second-order valence-corrected chi connectivity index (χ2v) is 8.15. The number of alkyl halides is 3. The van der Waals surface area contributed by atoms with Gasteiger partial charge in [0.1, 0.15) is 16.4 Å². The molecule has 0 aliphatic heterocycles. The number of nitrogens with one attached hydrogen (secondary N) is 3. The maximum absolute atomic E-state index is 13.2. The molecule has 9 nitrogen and oxygen atoms in total. The van der Waals surface area contributed by atoms with E-state index in [1.54, 1.807) is 19.1 Å². The number of pyridine rings is 2. The van der Waals surface area contributed by atoms with E-state index >= 15 is 0 Å². The van der Waals surface area contributed by atoms with Gasteiger partial charge in [-0.3, -0.25) is 14.9 Å². The molecule has 180 valence electrons. The van der Waals surface area contributed by atoms with E-state index in [1.165, 1.54) is 24.5 Å². The van der Waals surface area contributed by atoms with Crippen molar-refractivity contribution in [3.8, 4) is 21.7 Å². The van der Waals surface area contributed by atoms with Gasteiger partial charge in [0, 0.05) is 46.3 Å². The van der Waals surface area contributed by atoms with Crippen molar-refractivity contribution in [2.75, 3.05) is 11.9 Å². The van der Waals surface area contributed by atoms with Crippen molar-refractivity contribution in [1.82, 2.24) is 20.3 Å². The highest BCUT2D eigenvalue weighted by atomic mass is 32.1. The van der Waals surface area contributed by atoms with Gasteiger partial charge in [-0.05, 0) is 30.7 Å². The molecule has 0 aliphatic carbocycles. The van der Waals surface area contributed by atoms with Gasteiger partial charge < -0.3 is 16.0 Å². The van der Waals surface area contributed by atoms with Crippen LogP contribution in [0.1, 0.15) is 23.0 Å². The summed E-state index contributed by atoms with van der Waals surface area (Å²) in [6.07, 6.45) is -2.06. The zero-order valence-electron chi connectivity index (χ0n) is 18.0. The molecule has 13 heteroatoms. The number of hydrogen-bond acceptors (Lipinski definition) is 6. The monoisotopic (exact) mass is 502 g/mol. The Bertz CT molecular complexity index is 1510. The fourth-order valence-corrected chi connectivity index (χ4v) is 4.21. The summed E-state index contributed by atoms with van der Waals surface area (Å²) < 4.78 is 39.6. The van der Waals surface area contributed by atoms with Crippen LogP contribution >= 0.6 is 11.3 Å². The van der Waals surface area contributed by atoms with Crippen LogP contribution in [0.3, 0.4) is 0 Å². The number of nitrogens with two attached hydrogens (primary N) is 1. The normalized spacial score (nSPS) is 11.4. The van der Waals surface area contributed by atoms with E-state index in [4.69, 9.17) is 5.73 Å². The summed E-state index contributed by atoms with van der Waals surface area (Å²) >= 11 is 0.773. The molecule has 0 spiro atoms. The standard InChI is InChI=1S/C22H17F3N6O3S/c1-2-27-21(34)31-17-6-11(20-30-16(9-35-20)22(23,24)25)13(7-29-17)10-3-4-15-12(5-10)18(32)14(8-28-15)19(26)33/h3-9H,2H2,1H3,(H2,26,33)(H,28,32)(H2,27,29,31,34). The maximum Gasteiger partial charge on any atom is 0.434 e. The molecule has 35 heavy (non-hydrogen) atoms. The number of amides is 3. The number of aromatic nitrogens is 3. The van der Waals surface area contributed by atoms with Crippen LogP contribution in [0.15, 0.2) is 46.8 Å². The number of H-pyrrole nitrogens is 1. The zero-order chi connectivity index (χ0) is 25.3. The molecule has 1 aromatic carbocycles. The summed E-state index contributed by atoms with van der Waals surface area (Å²) in [5.74, 6) is -0.808. The number of rotatable bonds is 5. The molecular weight excluding hydrogens is 485 g/mol. The third-order valence-corrected chi connectivity index (χ3v) is 5.84. The molecule has 0 radical (unpaired) electrons. The number of hydrogen-bond donors (Lipinski definition) is 4. The Balaban J connectivity index is 1.89. The molecule has 3 heterocycles. The van der Waals surface area contributed by atoms with Crippen LogP contribution < -0.4 is 21.8 Å². The number of benzene rings is 1. The van der Waals surface area contributed by atoms with E-state index in [0.717, 1.165) is 16.7 Å². The van der Waals surface area contributed by atoms with Gasteiger partial charge in [-0.2, -0.15) is 13.2 Å². The Kier molecular flexibility index (Phi) is 6.26. The average Bonchev–Trinajstić information content (AvgIpc) is 3.30.